The lowest BCUT2D eigenvalue weighted by molar-refractivity contribution is 0.104. The van der Waals surface area contributed by atoms with Crippen LogP contribution in [0.1, 0.15) is 6.92 Å². The van der Waals surface area contributed by atoms with E-state index in [0.29, 0.717) is 23.9 Å². The first-order valence-electron chi connectivity index (χ1n) is 6.00. The van der Waals surface area contributed by atoms with Gasteiger partial charge >= 0.3 is 0 Å². The summed E-state index contributed by atoms with van der Waals surface area (Å²) in [6, 6.07) is 7.15. The molecule has 0 aliphatic rings. The Morgan fingerprint density at radius 1 is 1.33 bits per heavy atom. The van der Waals surface area contributed by atoms with Crippen LogP contribution in [0.4, 0.5) is 0 Å². The van der Waals surface area contributed by atoms with Crippen molar-refractivity contribution in [3.8, 4) is 5.75 Å². The van der Waals surface area contributed by atoms with E-state index in [1.165, 1.54) is 0 Å². The maximum Gasteiger partial charge on any atom is 0.138 e. The predicted molar refractivity (Wildman–Crippen MR) is 72.1 cm³/mol. The Balaban J connectivity index is 2.21. The number of para-hydroxylation sites is 1. The van der Waals surface area contributed by atoms with Gasteiger partial charge in [0.15, 0.2) is 0 Å². The SMILES string of the molecule is CC(CO)CNCC(O)COc1ccccc1Cl. The van der Waals surface area contributed by atoms with Gasteiger partial charge in [-0.15, -0.1) is 0 Å². The van der Waals surface area contributed by atoms with Gasteiger partial charge < -0.3 is 20.3 Å². The summed E-state index contributed by atoms with van der Waals surface area (Å²) in [5.41, 5.74) is 0. The van der Waals surface area contributed by atoms with E-state index in [1.54, 1.807) is 12.1 Å². The molecule has 0 saturated carbocycles. The van der Waals surface area contributed by atoms with Crippen molar-refractivity contribution in [2.75, 3.05) is 26.3 Å². The fourth-order valence-electron chi connectivity index (χ4n) is 1.37. The number of aliphatic hydroxyl groups excluding tert-OH is 2. The van der Waals surface area contributed by atoms with E-state index in [2.05, 4.69) is 5.32 Å². The minimum Gasteiger partial charge on any atom is -0.489 e. The molecule has 2 atom stereocenters. The summed E-state index contributed by atoms with van der Waals surface area (Å²) in [5.74, 6) is 0.753. The molecule has 0 spiro atoms. The molecular formula is C13H20ClNO3. The third-order valence-corrected chi connectivity index (χ3v) is 2.76. The Labute approximate surface area is 113 Å². The van der Waals surface area contributed by atoms with Gasteiger partial charge in [0, 0.05) is 13.2 Å². The lowest BCUT2D eigenvalue weighted by Crippen LogP contribution is -2.34. The van der Waals surface area contributed by atoms with E-state index >= 15 is 0 Å². The van der Waals surface area contributed by atoms with E-state index in [0.717, 1.165) is 0 Å². The summed E-state index contributed by atoms with van der Waals surface area (Å²) in [7, 11) is 0. The number of ether oxygens (including phenoxy) is 1. The number of nitrogens with one attached hydrogen (secondary N) is 1. The van der Waals surface area contributed by atoms with Crippen LogP contribution < -0.4 is 10.1 Å². The Morgan fingerprint density at radius 3 is 2.72 bits per heavy atom. The molecule has 4 nitrogen and oxygen atoms in total. The lowest BCUT2D eigenvalue weighted by Gasteiger charge is -2.15. The zero-order valence-electron chi connectivity index (χ0n) is 10.5. The van der Waals surface area contributed by atoms with Crippen LogP contribution in [-0.2, 0) is 0 Å². The van der Waals surface area contributed by atoms with Gasteiger partial charge in [-0.1, -0.05) is 30.7 Å². The maximum atomic E-state index is 9.69. The topological polar surface area (TPSA) is 61.7 Å². The molecule has 0 heterocycles. The van der Waals surface area contributed by atoms with Crippen molar-refractivity contribution >= 4 is 11.6 Å². The molecule has 1 rings (SSSR count). The summed E-state index contributed by atoms with van der Waals surface area (Å²) in [4.78, 5) is 0. The molecule has 0 radical (unpaired) electrons. The van der Waals surface area contributed by atoms with Crippen molar-refractivity contribution in [1.29, 1.82) is 0 Å². The van der Waals surface area contributed by atoms with E-state index < -0.39 is 6.10 Å². The van der Waals surface area contributed by atoms with Crippen LogP contribution in [0, 0.1) is 5.92 Å². The molecule has 0 aliphatic carbocycles. The smallest absolute Gasteiger partial charge is 0.138 e. The molecule has 0 aliphatic heterocycles. The first-order valence-corrected chi connectivity index (χ1v) is 6.38. The molecule has 1 aromatic carbocycles. The number of benzene rings is 1. The van der Waals surface area contributed by atoms with Gasteiger partial charge in [-0.2, -0.15) is 0 Å². The molecular weight excluding hydrogens is 254 g/mol. The molecule has 102 valence electrons. The second kappa shape index (κ2) is 8.32. The average Bonchev–Trinajstić information content (AvgIpc) is 2.37. The molecule has 2 unspecified atom stereocenters. The predicted octanol–water partition coefficient (Wildman–Crippen LogP) is 1.30. The number of hydrogen-bond acceptors (Lipinski definition) is 4. The monoisotopic (exact) mass is 273 g/mol. The zero-order valence-corrected chi connectivity index (χ0v) is 11.2. The summed E-state index contributed by atoms with van der Waals surface area (Å²) in [6.07, 6.45) is -0.604. The Hall–Kier alpha value is -0.810. The van der Waals surface area contributed by atoms with Gasteiger partial charge in [0.2, 0.25) is 0 Å². The molecule has 0 amide bonds. The molecule has 0 saturated heterocycles. The summed E-state index contributed by atoms with van der Waals surface area (Å²) >= 11 is 5.92. The average molecular weight is 274 g/mol. The largest absolute Gasteiger partial charge is 0.489 e. The molecule has 5 heteroatoms. The van der Waals surface area contributed by atoms with Crippen molar-refractivity contribution in [2.45, 2.75) is 13.0 Å². The van der Waals surface area contributed by atoms with Crippen molar-refractivity contribution in [2.24, 2.45) is 5.92 Å². The molecule has 3 N–H and O–H groups in total. The van der Waals surface area contributed by atoms with Crippen LogP contribution in [0.15, 0.2) is 24.3 Å². The standard InChI is InChI=1S/C13H20ClNO3/c1-10(8-16)6-15-7-11(17)9-18-13-5-3-2-4-12(13)14/h2-5,10-11,15-17H,6-9H2,1H3. The van der Waals surface area contributed by atoms with Crippen LogP contribution in [0.2, 0.25) is 5.02 Å². The second-order valence-electron chi connectivity index (χ2n) is 4.34. The third-order valence-electron chi connectivity index (χ3n) is 2.45. The van der Waals surface area contributed by atoms with Gasteiger partial charge in [0.1, 0.15) is 18.5 Å². The summed E-state index contributed by atoms with van der Waals surface area (Å²) < 4.78 is 5.41. The minimum absolute atomic E-state index is 0.138. The first-order chi connectivity index (χ1) is 8.63. The van der Waals surface area contributed by atoms with Crippen molar-refractivity contribution in [1.82, 2.24) is 5.32 Å². The first kappa shape index (κ1) is 15.2. The second-order valence-corrected chi connectivity index (χ2v) is 4.75. The number of rotatable bonds is 8. The van der Waals surface area contributed by atoms with E-state index in [4.69, 9.17) is 21.4 Å². The minimum atomic E-state index is -0.604. The zero-order chi connectivity index (χ0) is 13.4. The fraction of sp³-hybridized carbons (Fsp3) is 0.538. The number of hydrogen-bond donors (Lipinski definition) is 3. The molecule has 18 heavy (non-hydrogen) atoms. The van der Waals surface area contributed by atoms with Crippen LogP contribution in [0.25, 0.3) is 0 Å². The van der Waals surface area contributed by atoms with E-state index in [9.17, 15) is 5.11 Å². The van der Waals surface area contributed by atoms with E-state index in [1.807, 2.05) is 19.1 Å². The highest BCUT2D eigenvalue weighted by molar-refractivity contribution is 6.32. The maximum absolute atomic E-state index is 9.69. The Morgan fingerprint density at radius 2 is 2.06 bits per heavy atom. The summed E-state index contributed by atoms with van der Waals surface area (Å²) in [5, 5.41) is 22.1. The van der Waals surface area contributed by atoms with Crippen LogP contribution in [0.3, 0.4) is 0 Å². The van der Waals surface area contributed by atoms with Gasteiger partial charge in [-0.05, 0) is 24.6 Å². The molecule has 0 fully saturated rings. The van der Waals surface area contributed by atoms with Gasteiger partial charge in [-0.3, -0.25) is 0 Å². The van der Waals surface area contributed by atoms with Crippen molar-refractivity contribution in [3.63, 3.8) is 0 Å². The van der Waals surface area contributed by atoms with Crippen LogP contribution in [0.5, 0.6) is 5.75 Å². The highest BCUT2D eigenvalue weighted by atomic mass is 35.5. The van der Waals surface area contributed by atoms with E-state index in [-0.39, 0.29) is 19.1 Å². The van der Waals surface area contributed by atoms with Crippen LogP contribution >= 0.6 is 11.6 Å². The highest BCUT2D eigenvalue weighted by Gasteiger charge is 2.07. The third kappa shape index (κ3) is 5.69. The summed E-state index contributed by atoms with van der Waals surface area (Å²) in [6.45, 7) is 3.34. The van der Waals surface area contributed by atoms with Crippen molar-refractivity contribution < 1.29 is 14.9 Å². The molecule has 1 aromatic rings. The van der Waals surface area contributed by atoms with Gasteiger partial charge in [-0.25, -0.2) is 0 Å². The fourth-order valence-corrected chi connectivity index (χ4v) is 1.56. The quantitative estimate of drug-likeness (QED) is 0.668. The van der Waals surface area contributed by atoms with Crippen molar-refractivity contribution in [3.05, 3.63) is 29.3 Å². The number of aliphatic hydroxyl groups is 2. The normalized spacial score (nSPS) is 14.2. The van der Waals surface area contributed by atoms with Gasteiger partial charge in [0.25, 0.3) is 0 Å². The Bertz CT molecular complexity index is 349. The highest BCUT2D eigenvalue weighted by Crippen LogP contribution is 2.22. The number of halogens is 1. The molecule has 0 aromatic heterocycles. The lowest BCUT2D eigenvalue weighted by atomic mass is 10.2. The Kier molecular flexibility index (Phi) is 7.05. The molecule has 0 bridgehead atoms. The van der Waals surface area contributed by atoms with Crippen LogP contribution in [-0.4, -0.2) is 42.6 Å². The van der Waals surface area contributed by atoms with Gasteiger partial charge in [0.05, 0.1) is 5.02 Å².